The molecule has 2 N–H and O–H groups in total. The van der Waals surface area contributed by atoms with Gasteiger partial charge in [-0.15, -0.1) is 0 Å². The van der Waals surface area contributed by atoms with Crippen molar-refractivity contribution in [3.05, 3.63) is 23.8 Å². The topological polar surface area (TPSA) is 62.2 Å². The van der Waals surface area contributed by atoms with Crippen molar-refractivity contribution in [3.63, 3.8) is 0 Å². The van der Waals surface area contributed by atoms with Crippen molar-refractivity contribution in [2.75, 3.05) is 39.5 Å². The van der Waals surface area contributed by atoms with Crippen LogP contribution in [-0.2, 0) is 4.74 Å². The summed E-state index contributed by atoms with van der Waals surface area (Å²) in [6.45, 7) is 6.84. The van der Waals surface area contributed by atoms with Crippen molar-refractivity contribution in [2.45, 2.75) is 6.92 Å². The highest BCUT2D eigenvalue weighted by molar-refractivity contribution is 6.59. The molecule has 0 bridgehead atoms. The lowest BCUT2D eigenvalue weighted by Crippen LogP contribution is -2.38. The molecule has 2 rings (SSSR count). The summed E-state index contributed by atoms with van der Waals surface area (Å²) in [4.78, 5) is 2.31. The highest BCUT2D eigenvalue weighted by Gasteiger charge is 2.14. The van der Waals surface area contributed by atoms with Crippen LogP contribution in [0.1, 0.15) is 5.56 Å². The van der Waals surface area contributed by atoms with E-state index in [2.05, 4.69) is 4.90 Å². The van der Waals surface area contributed by atoms with Crippen molar-refractivity contribution < 1.29 is 19.5 Å². The van der Waals surface area contributed by atoms with Gasteiger partial charge < -0.3 is 19.5 Å². The molecule has 0 radical (unpaired) electrons. The summed E-state index contributed by atoms with van der Waals surface area (Å²) in [7, 11) is -1.43. The fourth-order valence-electron chi connectivity index (χ4n) is 2.15. The van der Waals surface area contributed by atoms with Gasteiger partial charge in [0.1, 0.15) is 12.4 Å². The predicted octanol–water partition coefficient (Wildman–Crippen LogP) is -0.614. The number of nitrogens with zero attached hydrogens (tertiary/aromatic N) is 1. The molecule has 1 saturated heterocycles. The second-order valence-electron chi connectivity index (χ2n) is 4.69. The van der Waals surface area contributed by atoms with Gasteiger partial charge in [0.2, 0.25) is 0 Å². The van der Waals surface area contributed by atoms with Crippen molar-refractivity contribution in [2.24, 2.45) is 0 Å². The van der Waals surface area contributed by atoms with Crippen molar-refractivity contribution in [3.8, 4) is 5.75 Å². The zero-order valence-corrected chi connectivity index (χ0v) is 11.2. The van der Waals surface area contributed by atoms with E-state index in [4.69, 9.17) is 19.5 Å². The summed E-state index contributed by atoms with van der Waals surface area (Å²) in [6.07, 6.45) is 0. The zero-order chi connectivity index (χ0) is 13.7. The standard InChI is InChI=1S/C13H20BNO4/c1-11-10-12(2-3-13(11)14(16)17)19-9-6-15-4-7-18-8-5-15/h2-3,10,16-17H,4-9H2,1H3. The molecule has 0 atom stereocenters. The molecule has 1 aromatic rings. The first kappa shape index (κ1) is 14.3. The van der Waals surface area contributed by atoms with Gasteiger partial charge in [0, 0.05) is 19.6 Å². The average Bonchev–Trinajstić information content (AvgIpc) is 2.39. The maximum Gasteiger partial charge on any atom is 0.488 e. The molecule has 1 aliphatic heterocycles. The van der Waals surface area contributed by atoms with Crippen molar-refractivity contribution in [1.29, 1.82) is 0 Å². The van der Waals surface area contributed by atoms with E-state index in [0.717, 1.165) is 44.2 Å². The van der Waals surface area contributed by atoms with Gasteiger partial charge in [-0.3, -0.25) is 4.90 Å². The molecule has 1 fully saturated rings. The number of morpholine rings is 1. The Morgan fingerprint density at radius 1 is 1.32 bits per heavy atom. The maximum absolute atomic E-state index is 9.14. The Balaban J connectivity index is 1.81. The Morgan fingerprint density at radius 3 is 2.68 bits per heavy atom. The smallest absolute Gasteiger partial charge is 0.488 e. The Hall–Kier alpha value is -1.08. The van der Waals surface area contributed by atoms with E-state index in [0.29, 0.717) is 12.1 Å². The highest BCUT2D eigenvalue weighted by atomic mass is 16.5. The number of hydrogen-bond acceptors (Lipinski definition) is 5. The summed E-state index contributed by atoms with van der Waals surface area (Å²) in [5, 5.41) is 18.3. The molecule has 0 amide bonds. The molecule has 6 heteroatoms. The number of rotatable bonds is 5. The van der Waals surface area contributed by atoms with Gasteiger partial charge in [-0.25, -0.2) is 0 Å². The second-order valence-corrected chi connectivity index (χ2v) is 4.69. The molecule has 104 valence electrons. The second kappa shape index (κ2) is 6.91. The summed E-state index contributed by atoms with van der Waals surface area (Å²) < 4.78 is 11.0. The van der Waals surface area contributed by atoms with E-state index in [1.807, 2.05) is 13.0 Å². The fourth-order valence-corrected chi connectivity index (χ4v) is 2.15. The van der Waals surface area contributed by atoms with Gasteiger partial charge in [-0.1, -0.05) is 6.07 Å². The van der Waals surface area contributed by atoms with Gasteiger partial charge in [-0.2, -0.15) is 0 Å². The van der Waals surface area contributed by atoms with Crippen LogP contribution in [0.4, 0.5) is 0 Å². The molecular weight excluding hydrogens is 245 g/mol. The average molecular weight is 265 g/mol. The van der Waals surface area contributed by atoms with Gasteiger partial charge in [0.05, 0.1) is 13.2 Å². The monoisotopic (exact) mass is 265 g/mol. The van der Waals surface area contributed by atoms with Crippen LogP contribution in [0.2, 0.25) is 0 Å². The lowest BCUT2D eigenvalue weighted by molar-refractivity contribution is 0.0322. The summed E-state index contributed by atoms with van der Waals surface area (Å²) in [5.74, 6) is 0.759. The molecule has 1 heterocycles. The Morgan fingerprint density at radius 2 is 2.05 bits per heavy atom. The first-order valence-electron chi connectivity index (χ1n) is 6.56. The lowest BCUT2D eigenvalue weighted by atomic mass is 9.77. The predicted molar refractivity (Wildman–Crippen MR) is 73.8 cm³/mol. The van der Waals surface area contributed by atoms with E-state index in [9.17, 15) is 0 Å². The lowest BCUT2D eigenvalue weighted by Gasteiger charge is -2.26. The van der Waals surface area contributed by atoms with E-state index in [-0.39, 0.29) is 0 Å². The minimum absolute atomic E-state index is 0.514. The van der Waals surface area contributed by atoms with Crippen LogP contribution in [0.25, 0.3) is 0 Å². The third-order valence-electron chi connectivity index (χ3n) is 3.30. The van der Waals surface area contributed by atoms with E-state index < -0.39 is 7.12 Å². The first-order chi connectivity index (χ1) is 9.16. The van der Waals surface area contributed by atoms with Gasteiger partial charge >= 0.3 is 7.12 Å². The van der Waals surface area contributed by atoms with Crippen LogP contribution in [0.3, 0.4) is 0 Å². The highest BCUT2D eigenvalue weighted by Crippen LogP contribution is 2.11. The van der Waals surface area contributed by atoms with E-state index in [1.54, 1.807) is 12.1 Å². The maximum atomic E-state index is 9.14. The molecular formula is C13H20BNO4. The third-order valence-corrected chi connectivity index (χ3v) is 3.30. The van der Waals surface area contributed by atoms with E-state index >= 15 is 0 Å². The molecule has 0 saturated carbocycles. The zero-order valence-electron chi connectivity index (χ0n) is 11.2. The minimum atomic E-state index is -1.43. The van der Waals surface area contributed by atoms with Gasteiger partial charge in [0.25, 0.3) is 0 Å². The van der Waals surface area contributed by atoms with Crippen molar-refractivity contribution >= 4 is 12.6 Å². The number of benzene rings is 1. The van der Waals surface area contributed by atoms with E-state index in [1.165, 1.54) is 0 Å². The molecule has 5 nitrogen and oxygen atoms in total. The van der Waals surface area contributed by atoms with Crippen LogP contribution >= 0.6 is 0 Å². The third kappa shape index (κ3) is 4.21. The van der Waals surface area contributed by atoms with Crippen molar-refractivity contribution in [1.82, 2.24) is 4.90 Å². The number of hydrogen-bond donors (Lipinski definition) is 2. The minimum Gasteiger partial charge on any atom is -0.492 e. The summed E-state index contributed by atoms with van der Waals surface area (Å²) in [5.41, 5.74) is 1.33. The first-order valence-corrected chi connectivity index (χ1v) is 6.56. The largest absolute Gasteiger partial charge is 0.492 e. The SMILES string of the molecule is Cc1cc(OCCN2CCOCC2)ccc1B(O)O. The number of aryl methyl sites for hydroxylation is 1. The Bertz CT molecular complexity index is 408. The Kier molecular flexibility index (Phi) is 5.21. The van der Waals surface area contributed by atoms with Gasteiger partial charge in [-0.05, 0) is 30.1 Å². The molecule has 0 spiro atoms. The van der Waals surface area contributed by atoms with Crippen LogP contribution in [-0.4, -0.2) is 61.5 Å². The van der Waals surface area contributed by atoms with Gasteiger partial charge in [0.15, 0.2) is 0 Å². The quantitative estimate of drug-likeness (QED) is 0.695. The molecule has 19 heavy (non-hydrogen) atoms. The van der Waals surface area contributed by atoms with Crippen LogP contribution < -0.4 is 10.2 Å². The summed E-state index contributed by atoms with van der Waals surface area (Å²) in [6, 6.07) is 5.28. The molecule has 1 aliphatic rings. The normalized spacial score (nSPS) is 16.4. The van der Waals surface area contributed by atoms with Crippen LogP contribution in [0.5, 0.6) is 5.75 Å². The molecule has 0 aliphatic carbocycles. The fraction of sp³-hybridized carbons (Fsp3) is 0.538. The van der Waals surface area contributed by atoms with Crippen LogP contribution in [0, 0.1) is 6.92 Å². The molecule has 0 aromatic heterocycles. The molecule has 0 unspecified atom stereocenters. The number of ether oxygens (including phenoxy) is 2. The van der Waals surface area contributed by atoms with Crippen LogP contribution in [0.15, 0.2) is 18.2 Å². The summed E-state index contributed by atoms with van der Waals surface area (Å²) >= 11 is 0. The molecule has 1 aromatic carbocycles. The Labute approximate surface area is 113 Å².